The molecule has 0 radical (unpaired) electrons. The van der Waals surface area contributed by atoms with Gasteiger partial charge in [-0.1, -0.05) is 48.9 Å². The van der Waals surface area contributed by atoms with Crippen molar-refractivity contribution in [2.45, 2.75) is 25.3 Å². The molecule has 2 aromatic rings. The van der Waals surface area contributed by atoms with Crippen LogP contribution in [0.15, 0.2) is 54.6 Å². The van der Waals surface area contributed by atoms with Crippen molar-refractivity contribution in [3.63, 3.8) is 0 Å². The molecule has 0 bridgehead atoms. The van der Waals surface area contributed by atoms with Crippen LogP contribution in [0.4, 0.5) is 5.69 Å². The molecule has 0 aromatic heterocycles. The van der Waals surface area contributed by atoms with Gasteiger partial charge in [0.15, 0.2) is 0 Å². The molecule has 0 aliphatic heterocycles. The van der Waals surface area contributed by atoms with E-state index in [1.54, 1.807) is 0 Å². The monoisotopic (exact) mass is 266 g/mol. The van der Waals surface area contributed by atoms with Gasteiger partial charge >= 0.3 is 0 Å². The molecule has 1 aliphatic rings. The molecule has 3 rings (SSSR count). The van der Waals surface area contributed by atoms with Gasteiger partial charge in [-0.15, -0.1) is 0 Å². The SMILES string of the molecule is NCC1CCCC1Nc1ccc(-c2ccccc2)cc1. The second-order valence-electron chi connectivity index (χ2n) is 5.62. The van der Waals surface area contributed by atoms with E-state index in [1.807, 2.05) is 6.07 Å². The first kappa shape index (κ1) is 13.2. The summed E-state index contributed by atoms with van der Waals surface area (Å²) in [4.78, 5) is 0. The fourth-order valence-electron chi connectivity index (χ4n) is 3.11. The van der Waals surface area contributed by atoms with Gasteiger partial charge in [-0.05, 0) is 48.6 Å². The van der Waals surface area contributed by atoms with Gasteiger partial charge in [-0.3, -0.25) is 0 Å². The lowest BCUT2D eigenvalue weighted by molar-refractivity contribution is 0.516. The number of nitrogens with two attached hydrogens (primary N) is 1. The molecular formula is C18H22N2. The Morgan fingerprint density at radius 3 is 2.30 bits per heavy atom. The van der Waals surface area contributed by atoms with E-state index in [4.69, 9.17) is 5.73 Å². The van der Waals surface area contributed by atoms with Gasteiger partial charge in [0.05, 0.1) is 0 Å². The Kier molecular flexibility index (Phi) is 4.03. The molecule has 0 amide bonds. The van der Waals surface area contributed by atoms with E-state index in [2.05, 4.69) is 53.8 Å². The highest BCUT2D eigenvalue weighted by atomic mass is 14.9. The van der Waals surface area contributed by atoms with Crippen LogP contribution in [0.5, 0.6) is 0 Å². The smallest absolute Gasteiger partial charge is 0.0342 e. The lowest BCUT2D eigenvalue weighted by Gasteiger charge is -2.20. The third-order valence-corrected chi connectivity index (χ3v) is 4.31. The average molecular weight is 266 g/mol. The van der Waals surface area contributed by atoms with Gasteiger partial charge in [0, 0.05) is 11.7 Å². The zero-order valence-electron chi connectivity index (χ0n) is 11.8. The predicted molar refractivity (Wildman–Crippen MR) is 85.7 cm³/mol. The molecular weight excluding hydrogens is 244 g/mol. The Balaban J connectivity index is 1.70. The quantitative estimate of drug-likeness (QED) is 0.881. The number of rotatable bonds is 4. The molecule has 0 saturated heterocycles. The zero-order valence-corrected chi connectivity index (χ0v) is 11.8. The van der Waals surface area contributed by atoms with Gasteiger partial charge in [-0.25, -0.2) is 0 Å². The Hall–Kier alpha value is -1.80. The first-order chi connectivity index (χ1) is 9.86. The lowest BCUT2D eigenvalue weighted by atomic mass is 10.0. The van der Waals surface area contributed by atoms with Crippen molar-refractivity contribution in [2.24, 2.45) is 11.7 Å². The highest BCUT2D eigenvalue weighted by Gasteiger charge is 2.25. The van der Waals surface area contributed by atoms with Crippen LogP contribution in [0.2, 0.25) is 0 Å². The maximum Gasteiger partial charge on any atom is 0.0342 e. The van der Waals surface area contributed by atoms with Crippen molar-refractivity contribution in [3.8, 4) is 11.1 Å². The molecule has 3 N–H and O–H groups in total. The first-order valence-electron chi connectivity index (χ1n) is 7.49. The third kappa shape index (κ3) is 2.86. The van der Waals surface area contributed by atoms with Crippen molar-refractivity contribution in [3.05, 3.63) is 54.6 Å². The van der Waals surface area contributed by atoms with Crippen LogP contribution < -0.4 is 11.1 Å². The van der Waals surface area contributed by atoms with Gasteiger partial charge in [0.2, 0.25) is 0 Å². The topological polar surface area (TPSA) is 38.0 Å². The summed E-state index contributed by atoms with van der Waals surface area (Å²) in [5, 5.41) is 3.64. The summed E-state index contributed by atoms with van der Waals surface area (Å²) in [6.45, 7) is 0.791. The first-order valence-corrected chi connectivity index (χ1v) is 7.49. The Morgan fingerprint density at radius 2 is 1.60 bits per heavy atom. The molecule has 2 atom stereocenters. The summed E-state index contributed by atoms with van der Waals surface area (Å²) in [5.74, 6) is 0.629. The van der Waals surface area contributed by atoms with Crippen LogP contribution in [0.1, 0.15) is 19.3 Å². The summed E-state index contributed by atoms with van der Waals surface area (Å²) in [6.07, 6.45) is 3.79. The number of benzene rings is 2. The van der Waals surface area contributed by atoms with Crippen molar-refractivity contribution >= 4 is 5.69 Å². The Labute approximate surface area is 121 Å². The van der Waals surface area contributed by atoms with Crippen molar-refractivity contribution in [1.29, 1.82) is 0 Å². The van der Waals surface area contributed by atoms with Crippen molar-refractivity contribution in [2.75, 3.05) is 11.9 Å². The largest absolute Gasteiger partial charge is 0.382 e. The van der Waals surface area contributed by atoms with Crippen molar-refractivity contribution in [1.82, 2.24) is 0 Å². The van der Waals surface area contributed by atoms with Crippen LogP contribution >= 0.6 is 0 Å². The molecule has 1 saturated carbocycles. The molecule has 0 spiro atoms. The lowest BCUT2D eigenvalue weighted by Crippen LogP contribution is -2.29. The maximum atomic E-state index is 5.84. The molecule has 1 aliphatic carbocycles. The maximum absolute atomic E-state index is 5.84. The summed E-state index contributed by atoms with van der Waals surface area (Å²) in [5.41, 5.74) is 9.57. The van der Waals surface area contributed by atoms with Crippen molar-refractivity contribution < 1.29 is 0 Å². The minimum absolute atomic E-state index is 0.544. The van der Waals surface area contributed by atoms with Crippen LogP contribution in [0.3, 0.4) is 0 Å². The highest BCUT2D eigenvalue weighted by Crippen LogP contribution is 2.28. The predicted octanol–water partition coefficient (Wildman–Crippen LogP) is 3.89. The van der Waals surface area contributed by atoms with E-state index in [1.165, 1.54) is 36.1 Å². The fourth-order valence-corrected chi connectivity index (χ4v) is 3.11. The zero-order chi connectivity index (χ0) is 13.8. The minimum atomic E-state index is 0.544. The van der Waals surface area contributed by atoms with Crippen LogP contribution in [-0.4, -0.2) is 12.6 Å². The molecule has 0 heterocycles. The molecule has 2 unspecified atom stereocenters. The summed E-state index contributed by atoms with van der Waals surface area (Å²) in [7, 11) is 0. The van der Waals surface area contributed by atoms with Gasteiger partial charge in [-0.2, -0.15) is 0 Å². The van der Waals surface area contributed by atoms with E-state index >= 15 is 0 Å². The normalized spacial score (nSPS) is 21.9. The van der Waals surface area contributed by atoms with E-state index in [0.717, 1.165) is 6.54 Å². The molecule has 104 valence electrons. The van der Waals surface area contributed by atoms with E-state index < -0.39 is 0 Å². The van der Waals surface area contributed by atoms with Crippen LogP contribution in [0.25, 0.3) is 11.1 Å². The van der Waals surface area contributed by atoms with E-state index in [9.17, 15) is 0 Å². The van der Waals surface area contributed by atoms with E-state index in [-0.39, 0.29) is 0 Å². The summed E-state index contributed by atoms with van der Waals surface area (Å²) < 4.78 is 0. The minimum Gasteiger partial charge on any atom is -0.382 e. The second-order valence-corrected chi connectivity index (χ2v) is 5.62. The second kappa shape index (κ2) is 6.10. The van der Waals surface area contributed by atoms with Gasteiger partial charge in [0.1, 0.15) is 0 Å². The summed E-state index contributed by atoms with van der Waals surface area (Å²) >= 11 is 0. The number of anilines is 1. The third-order valence-electron chi connectivity index (χ3n) is 4.31. The average Bonchev–Trinajstić information content (AvgIpc) is 2.96. The molecule has 2 nitrogen and oxygen atoms in total. The number of hydrogen-bond donors (Lipinski definition) is 2. The highest BCUT2D eigenvalue weighted by molar-refractivity contribution is 5.65. The molecule has 2 aromatic carbocycles. The fraction of sp³-hybridized carbons (Fsp3) is 0.333. The van der Waals surface area contributed by atoms with Gasteiger partial charge in [0.25, 0.3) is 0 Å². The molecule has 2 heteroatoms. The molecule has 1 fully saturated rings. The summed E-state index contributed by atoms with van der Waals surface area (Å²) in [6, 6.07) is 19.7. The molecule has 20 heavy (non-hydrogen) atoms. The number of nitrogens with one attached hydrogen (secondary N) is 1. The van der Waals surface area contributed by atoms with Gasteiger partial charge < -0.3 is 11.1 Å². The standard InChI is InChI=1S/C18H22N2/c19-13-16-7-4-8-18(16)20-17-11-9-15(10-12-17)14-5-2-1-3-6-14/h1-3,5-6,9-12,16,18,20H,4,7-8,13,19H2. The Bertz CT molecular complexity index is 533. The Morgan fingerprint density at radius 1 is 0.900 bits per heavy atom. The number of hydrogen-bond acceptors (Lipinski definition) is 2. The van der Waals surface area contributed by atoms with Crippen LogP contribution in [-0.2, 0) is 0 Å². The van der Waals surface area contributed by atoms with E-state index in [0.29, 0.717) is 12.0 Å². The van der Waals surface area contributed by atoms with Crippen LogP contribution in [0, 0.1) is 5.92 Å².